The molecule has 0 aliphatic carbocycles. The van der Waals surface area contributed by atoms with Crippen molar-refractivity contribution in [2.24, 2.45) is 0 Å². The zero-order chi connectivity index (χ0) is 11.5. The molecule has 16 heavy (non-hydrogen) atoms. The van der Waals surface area contributed by atoms with Crippen molar-refractivity contribution in [3.05, 3.63) is 56.0 Å². The van der Waals surface area contributed by atoms with Crippen LogP contribution in [0.2, 0.25) is 0 Å². The molecule has 0 spiro atoms. The van der Waals surface area contributed by atoms with E-state index < -0.39 is 0 Å². The highest BCUT2D eigenvalue weighted by Gasteiger charge is 2.12. The van der Waals surface area contributed by atoms with Gasteiger partial charge in [0.1, 0.15) is 5.76 Å². The summed E-state index contributed by atoms with van der Waals surface area (Å²) in [6.45, 7) is 0. The van der Waals surface area contributed by atoms with Gasteiger partial charge in [-0.1, -0.05) is 15.9 Å². The predicted molar refractivity (Wildman–Crippen MR) is 73.6 cm³/mol. The first-order valence-electron chi connectivity index (χ1n) is 4.67. The summed E-state index contributed by atoms with van der Waals surface area (Å²) in [5, 5.41) is 0. The summed E-state index contributed by atoms with van der Waals surface area (Å²) in [4.78, 5) is 12.0. The van der Waals surface area contributed by atoms with E-state index in [9.17, 15) is 4.79 Å². The van der Waals surface area contributed by atoms with Crippen LogP contribution < -0.4 is 0 Å². The summed E-state index contributed by atoms with van der Waals surface area (Å²) in [6.07, 6.45) is 1.87. The molecule has 1 heterocycles. The number of furan rings is 1. The molecular formula is C12H8BrIO2. The number of Topliss-reactive ketones (excluding diaryl/α,β-unsaturated/α-hetero) is 1. The molecule has 0 radical (unpaired) electrons. The van der Waals surface area contributed by atoms with Gasteiger partial charge in [0.05, 0.1) is 12.7 Å². The van der Waals surface area contributed by atoms with Gasteiger partial charge >= 0.3 is 0 Å². The van der Waals surface area contributed by atoms with E-state index >= 15 is 0 Å². The van der Waals surface area contributed by atoms with E-state index in [4.69, 9.17) is 4.42 Å². The van der Waals surface area contributed by atoms with Gasteiger partial charge < -0.3 is 4.42 Å². The molecule has 2 nitrogen and oxygen atoms in total. The van der Waals surface area contributed by atoms with Crippen LogP contribution in [0.4, 0.5) is 0 Å². The smallest absolute Gasteiger partial charge is 0.171 e. The van der Waals surface area contributed by atoms with Crippen molar-refractivity contribution in [3.63, 3.8) is 0 Å². The summed E-state index contributed by atoms with van der Waals surface area (Å²) in [5.74, 6) is 0.746. The fourth-order valence-corrected chi connectivity index (χ4v) is 2.34. The Bertz CT molecular complexity index is 506. The van der Waals surface area contributed by atoms with Crippen molar-refractivity contribution in [2.45, 2.75) is 6.42 Å². The molecule has 2 aromatic rings. The summed E-state index contributed by atoms with van der Waals surface area (Å²) in [6, 6.07) is 9.30. The molecule has 0 atom stereocenters. The lowest BCUT2D eigenvalue weighted by Crippen LogP contribution is -2.04. The largest absolute Gasteiger partial charge is 0.469 e. The number of rotatable bonds is 3. The number of carbonyl (C=O) groups is 1. The van der Waals surface area contributed by atoms with E-state index in [1.54, 1.807) is 18.4 Å². The fourth-order valence-electron chi connectivity index (χ4n) is 1.38. The zero-order valence-corrected chi connectivity index (χ0v) is 12.0. The molecule has 0 saturated carbocycles. The average molecular weight is 391 g/mol. The molecule has 0 saturated heterocycles. The lowest BCUT2D eigenvalue weighted by atomic mass is 10.1. The molecule has 0 N–H and O–H groups in total. The third-order valence-corrected chi connectivity index (χ3v) is 3.51. The van der Waals surface area contributed by atoms with Gasteiger partial charge in [-0.25, -0.2) is 0 Å². The van der Waals surface area contributed by atoms with Crippen LogP contribution in [0.25, 0.3) is 0 Å². The normalized spacial score (nSPS) is 10.4. The Morgan fingerprint density at radius 2 is 2.19 bits per heavy atom. The van der Waals surface area contributed by atoms with Crippen molar-refractivity contribution in [2.75, 3.05) is 0 Å². The summed E-state index contributed by atoms with van der Waals surface area (Å²) in [5.41, 5.74) is 0.698. The number of ketones is 1. The Kier molecular flexibility index (Phi) is 3.81. The molecule has 0 aliphatic heterocycles. The first-order chi connectivity index (χ1) is 7.66. The van der Waals surface area contributed by atoms with Crippen LogP contribution >= 0.6 is 38.5 Å². The standard InChI is InChI=1S/C12H8BrIO2/c13-11-4-3-8(14)6-10(11)12(15)7-9-2-1-5-16-9/h1-6H,7H2. The second-order valence-electron chi connectivity index (χ2n) is 3.30. The summed E-state index contributed by atoms with van der Waals surface area (Å²) < 4.78 is 7.03. The van der Waals surface area contributed by atoms with E-state index in [2.05, 4.69) is 38.5 Å². The average Bonchev–Trinajstić information content (AvgIpc) is 2.74. The molecule has 0 aliphatic rings. The van der Waals surface area contributed by atoms with Crippen molar-refractivity contribution in [1.82, 2.24) is 0 Å². The van der Waals surface area contributed by atoms with Gasteiger partial charge in [0, 0.05) is 13.6 Å². The minimum Gasteiger partial charge on any atom is -0.469 e. The maximum absolute atomic E-state index is 12.0. The van der Waals surface area contributed by atoms with E-state index in [-0.39, 0.29) is 5.78 Å². The first kappa shape index (κ1) is 11.9. The predicted octanol–water partition coefficient (Wildman–Crippen LogP) is 4.07. The van der Waals surface area contributed by atoms with Crippen molar-refractivity contribution < 1.29 is 9.21 Å². The monoisotopic (exact) mass is 390 g/mol. The Morgan fingerprint density at radius 1 is 1.38 bits per heavy atom. The number of carbonyl (C=O) groups excluding carboxylic acids is 1. The highest BCUT2D eigenvalue weighted by Crippen LogP contribution is 2.21. The molecule has 82 valence electrons. The van der Waals surface area contributed by atoms with E-state index in [1.165, 1.54) is 0 Å². The van der Waals surface area contributed by atoms with Gasteiger partial charge in [0.2, 0.25) is 0 Å². The van der Waals surface area contributed by atoms with Crippen molar-refractivity contribution >= 4 is 44.3 Å². The topological polar surface area (TPSA) is 30.2 Å². The molecule has 4 heteroatoms. The van der Waals surface area contributed by atoms with Gasteiger partial charge in [0.25, 0.3) is 0 Å². The Hall–Kier alpha value is -0.620. The van der Waals surface area contributed by atoms with Crippen LogP contribution in [0, 0.1) is 3.57 Å². The van der Waals surface area contributed by atoms with Crippen LogP contribution in [0.5, 0.6) is 0 Å². The quantitative estimate of drug-likeness (QED) is 0.584. The minimum atomic E-state index is 0.0559. The summed E-state index contributed by atoms with van der Waals surface area (Å²) >= 11 is 5.57. The molecule has 1 aromatic heterocycles. The van der Waals surface area contributed by atoms with Gasteiger partial charge in [-0.15, -0.1) is 0 Å². The number of hydrogen-bond donors (Lipinski definition) is 0. The van der Waals surface area contributed by atoms with Gasteiger partial charge in [-0.2, -0.15) is 0 Å². The SMILES string of the molecule is O=C(Cc1ccco1)c1cc(I)ccc1Br. The lowest BCUT2D eigenvalue weighted by Gasteiger charge is -2.03. The minimum absolute atomic E-state index is 0.0559. The molecule has 0 fully saturated rings. The first-order valence-corrected chi connectivity index (χ1v) is 6.54. The zero-order valence-electron chi connectivity index (χ0n) is 8.24. The van der Waals surface area contributed by atoms with Gasteiger partial charge in [-0.3, -0.25) is 4.79 Å². The third-order valence-electron chi connectivity index (χ3n) is 2.14. The third kappa shape index (κ3) is 2.74. The van der Waals surface area contributed by atoms with Crippen LogP contribution in [0.3, 0.4) is 0 Å². The summed E-state index contributed by atoms with van der Waals surface area (Å²) in [7, 11) is 0. The Morgan fingerprint density at radius 3 is 2.88 bits per heavy atom. The highest BCUT2D eigenvalue weighted by atomic mass is 127. The maximum Gasteiger partial charge on any atom is 0.171 e. The van der Waals surface area contributed by atoms with Crippen LogP contribution in [-0.2, 0) is 6.42 Å². The van der Waals surface area contributed by atoms with Gasteiger partial charge in [-0.05, 0) is 52.9 Å². The molecular weight excluding hydrogens is 383 g/mol. The van der Waals surface area contributed by atoms with E-state index in [1.807, 2.05) is 18.2 Å². The molecule has 1 aromatic carbocycles. The van der Waals surface area contributed by atoms with Crippen LogP contribution in [0.15, 0.2) is 45.5 Å². The van der Waals surface area contributed by atoms with Crippen LogP contribution in [0.1, 0.15) is 16.1 Å². The molecule has 0 amide bonds. The van der Waals surface area contributed by atoms with Crippen molar-refractivity contribution in [1.29, 1.82) is 0 Å². The van der Waals surface area contributed by atoms with Crippen molar-refractivity contribution in [3.8, 4) is 0 Å². The Labute approximate surface area is 115 Å². The van der Waals surface area contributed by atoms with Crippen LogP contribution in [-0.4, -0.2) is 5.78 Å². The molecule has 2 rings (SSSR count). The number of hydrogen-bond acceptors (Lipinski definition) is 2. The number of halogens is 2. The molecule has 0 unspecified atom stereocenters. The second kappa shape index (κ2) is 5.14. The van der Waals surface area contributed by atoms with E-state index in [0.717, 1.165) is 8.04 Å². The molecule has 0 bridgehead atoms. The van der Waals surface area contributed by atoms with E-state index in [0.29, 0.717) is 17.7 Å². The maximum atomic E-state index is 12.0. The second-order valence-corrected chi connectivity index (χ2v) is 5.40. The fraction of sp³-hybridized carbons (Fsp3) is 0.0833. The lowest BCUT2D eigenvalue weighted by molar-refractivity contribution is 0.0986. The highest BCUT2D eigenvalue weighted by molar-refractivity contribution is 14.1. The number of benzene rings is 1. The Balaban J connectivity index is 2.24. The van der Waals surface area contributed by atoms with Gasteiger partial charge in [0.15, 0.2) is 5.78 Å².